The fraction of sp³-hybridized carbons (Fsp3) is 0.409. The Kier molecular flexibility index (Phi) is 5.60. The van der Waals surface area contributed by atoms with Gasteiger partial charge in [0.15, 0.2) is 0 Å². The van der Waals surface area contributed by atoms with E-state index in [0.717, 1.165) is 44.6 Å². The molecule has 0 radical (unpaired) electrons. The van der Waals surface area contributed by atoms with Gasteiger partial charge in [-0.2, -0.15) is 0 Å². The van der Waals surface area contributed by atoms with Crippen molar-refractivity contribution in [1.82, 2.24) is 24.3 Å². The normalized spacial score (nSPS) is 19.4. The first kappa shape index (κ1) is 20.7. The molecule has 9 heteroatoms. The molecule has 31 heavy (non-hydrogen) atoms. The van der Waals surface area contributed by atoms with E-state index in [0.29, 0.717) is 33.8 Å². The van der Waals surface area contributed by atoms with Crippen LogP contribution < -0.4 is 16.4 Å². The van der Waals surface area contributed by atoms with E-state index in [1.54, 1.807) is 21.3 Å². The zero-order chi connectivity index (χ0) is 21.5. The molecule has 0 spiro atoms. The van der Waals surface area contributed by atoms with Crippen LogP contribution in [0.15, 0.2) is 46.1 Å². The van der Waals surface area contributed by atoms with Gasteiger partial charge in [-0.05, 0) is 49.7 Å². The van der Waals surface area contributed by atoms with Gasteiger partial charge >= 0.3 is 0 Å². The maximum atomic E-state index is 12.6. The Morgan fingerprint density at radius 3 is 2.61 bits per heavy atom. The minimum absolute atomic E-state index is 0.0474. The zero-order valence-electron chi connectivity index (χ0n) is 16.9. The number of likely N-dealkylation sites (tertiary alicyclic amines) is 1. The van der Waals surface area contributed by atoms with E-state index in [-0.39, 0.29) is 17.2 Å². The largest absolute Gasteiger partial charge is 0.310 e. The highest BCUT2D eigenvalue weighted by Crippen LogP contribution is 2.25. The van der Waals surface area contributed by atoms with Crippen LogP contribution in [0.5, 0.6) is 0 Å². The molecule has 1 atom stereocenters. The number of hydrogen-bond donors (Lipinski definition) is 1. The fourth-order valence-electron chi connectivity index (χ4n) is 4.69. The van der Waals surface area contributed by atoms with Crippen molar-refractivity contribution < 1.29 is 0 Å². The summed E-state index contributed by atoms with van der Waals surface area (Å²) in [6, 6.07) is 9.34. The molecule has 0 saturated carbocycles. The Labute approximate surface area is 189 Å². The quantitative estimate of drug-likeness (QED) is 0.634. The van der Waals surface area contributed by atoms with Crippen molar-refractivity contribution in [3.05, 3.63) is 72.8 Å². The molecule has 7 nitrogen and oxygen atoms in total. The first-order valence-corrected chi connectivity index (χ1v) is 11.3. The number of pyridine rings is 1. The lowest BCUT2D eigenvalue weighted by Crippen LogP contribution is -2.44. The van der Waals surface area contributed by atoms with Gasteiger partial charge in [0.25, 0.3) is 11.1 Å². The highest BCUT2D eigenvalue weighted by atomic mass is 35.5. The molecule has 3 aromatic rings. The molecule has 4 heterocycles. The molecule has 5 rings (SSSR count). The number of nitrogens with zero attached hydrogens (tertiary/aromatic N) is 4. The van der Waals surface area contributed by atoms with E-state index in [9.17, 15) is 9.59 Å². The Balaban J connectivity index is 1.21. The van der Waals surface area contributed by atoms with Crippen molar-refractivity contribution in [1.29, 1.82) is 0 Å². The standard InChI is InChI=1S/C22H23Cl2N5O2/c23-17-2-1-14(9-18(17)24)10-25-15-5-7-27(8-6-15)12-16-13-28-21(31)11-26-19-3-4-20(30)29(16)22(19)28/h1-4,9,11,15-16,25H,5-8,10,12-13H2/t16-/m1/s1. The molecule has 0 unspecified atom stereocenters. The van der Waals surface area contributed by atoms with E-state index in [1.165, 1.54) is 6.20 Å². The molecule has 0 amide bonds. The summed E-state index contributed by atoms with van der Waals surface area (Å²) in [6.45, 7) is 3.92. The van der Waals surface area contributed by atoms with Gasteiger partial charge in [-0.25, -0.2) is 4.98 Å². The molecule has 1 N–H and O–H groups in total. The zero-order valence-corrected chi connectivity index (χ0v) is 18.4. The lowest BCUT2D eigenvalue weighted by molar-refractivity contribution is 0.171. The molecular weight excluding hydrogens is 437 g/mol. The smallest absolute Gasteiger partial charge is 0.270 e. The Morgan fingerprint density at radius 1 is 1.03 bits per heavy atom. The van der Waals surface area contributed by atoms with Gasteiger partial charge < -0.3 is 10.2 Å². The lowest BCUT2D eigenvalue weighted by Gasteiger charge is -2.34. The molecule has 1 aromatic carbocycles. The predicted molar refractivity (Wildman–Crippen MR) is 122 cm³/mol. The highest BCUT2D eigenvalue weighted by molar-refractivity contribution is 6.42. The number of hydrogen-bond acceptors (Lipinski definition) is 5. The molecule has 2 aromatic heterocycles. The topological polar surface area (TPSA) is 72.2 Å². The van der Waals surface area contributed by atoms with Crippen LogP contribution in [0.2, 0.25) is 10.0 Å². The third-order valence-electron chi connectivity index (χ3n) is 6.31. The lowest BCUT2D eigenvalue weighted by atomic mass is 10.0. The van der Waals surface area contributed by atoms with Gasteiger partial charge in [0.1, 0.15) is 11.2 Å². The van der Waals surface area contributed by atoms with Gasteiger partial charge in [-0.3, -0.25) is 18.7 Å². The summed E-state index contributed by atoms with van der Waals surface area (Å²) in [6.07, 6.45) is 3.40. The summed E-state index contributed by atoms with van der Waals surface area (Å²) in [7, 11) is 0. The summed E-state index contributed by atoms with van der Waals surface area (Å²) in [5.41, 5.74) is 2.22. The first-order chi connectivity index (χ1) is 15.0. The average Bonchev–Trinajstić information content (AvgIpc) is 3.15. The average molecular weight is 460 g/mol. The van der Waals surface area contributed by atoms with Crippen LogP contribution in [0.3, 0.4) is 0 Å². The van der Waals surface area contributed by atoms with Gasteiger partial charge in [0, 0.05) is 31.7 Å². The maximum Gasteiger partial charge on any atom is 0.270 e. The molecule has 162 valence electrons. The van der Waals surface area contributed by atoms with E-state index >= 15 is 0 Å². The van der Waals surface area contributed by atoms with Crippen molar-refractivity contribution in [2.45, 2.75) is 38.0 Å². The number of rotatable bonds is 5. The monoisotopic (exact) mass is 459 g/mol. The van der Waals surface area contributed by atoms with Crippen molar-refractivity contribution in [2.24, 2.45) is 0 Å². The van der Waals surface area contributed by atoms with Crippen LogP contribution in [-0.2, 0) is 13.1 Å². The molecular formula is C22H23Cl2N5O2. The molecule has 0 aliphatic carbocycles. The number of halogens is 2. The first-order valence-electron chi connectivity index (χ1n) is 10.5. The minimum atomic E-state index is -0.153. The van der Waals surface area contributed by atoms with Crippen LogP contribution in [0, 0.1) is 0 Å². The Morgan fingerprint density at radius 2 is 1.84 bits per heavy atom. The number of benzene rings is 1. The van der Waals surface area contributed by atoms with Crippen LogP contribution in [0.25, 0.3) is 11.2 Å². The van der Waals surface area contributed by atoms with Gasteiger partial charge in [0.2, 0.25) is 0 Å². The van der Waals surface area contributed by atoms with Crippen LogP contribution in [0.1, 0.15) is 24.4 Å². The second-order valence-corrected chi connectivity index (χ2v) is 9.13. The summed E-state index contributed by atoms with van der Waals surface area (Å²) in [5.74, 6) is 0. The number of piperidine rings is 1. The number of aromatic nitrogens is 3. The van der Waals surface area contributed by atoms with E-state index < -0.39 is 0 Å². The van der Waals surface area contributed by atoms with Gasteiger partial charge in [-0.1, -0.05) is 29.3 Å². The minimum Gasteiger partial charge on any atom is -0.310 e. The van der Waals surface area contributed by atoms with Crippen molar-refractivity contribution in [3.63, 3.8) is 0 Å². The Hall–Kier alpha value is -2.19. The molecule has 1 saturated heterocycles. The fourth-order valence-corrected chi connectivity index (χ4v) is 5.01. The Bertz CT molecular complexity index is 1240. The van der Waals surface area contributed by atoms with Crippen molar-refractivity contribution in [3.8, 4) is 0 Å². The summed E-state index contributed by atoms with van der Waals surface area (Å²) < 4.78 is 3.43. The summed E-state index contributed by atoms with van der Waals surface area (Å²) >= 11 is 12.1. The molecule has 0 bridgehead atoms. The van der Waals surface area contributed by atoms with Crippen LogP contribution >= 0.6 is 23.2 Å². The van der Waals surface area contributed by atoms with Gasteiger partial charge in [0.05, 0.1) is 22.3 Å². The maximum absolute atomic E-state index is 12.6. The third-order valence-corrected chi connectivity index (χ3v) is 7.05. The molecule has 1 fully saturated rings. The second-order valence-electron chi connectivity index (χ2n) is 8.32. The second kappa shape index (κ2) is 8.39. The summed E-state index contributed by atoms with van der Waals surface area (Å²) in [5, 5.41) is 4.76. The highest BCUT2D eigenvalue weighted by Gasteiger charge is 2.29. The van der Waals surface area contributed by atoms with Crippen molar-refractivity contribution in [2.75, 3.05) is 19.6 Å². The van der Waals surface area contributed by atoms with Gasteiger partial charge in [-0.15, -0.1) is 0 Å². The van der Waals surface area contributed by atoms with Crippen molar-refractivity contribution >= 4 is 34.4 Å². The SMILES string of the molecule is O=c1cnc2ccc(=O)n3c2n1C[C@H]3CN1CCC(NCc2ccc(Cl)c(Cl)c2)CC1. The van der Waals surface area contributed by atoms with E-state index in [4.69, 9.17) is 23.2 Å². The van der Waals surface area contributed by atoms with Crippen LogP contribution in [-0.4, -0.2) is 44.7 Å². The van der Waals surface area contributed by atoms with Crippen LogP contribution in [0.4, 0.5) is 0 Å². The third kappa shape index (κ3) is 4.03. The van der Waals surface area contributed by atoms with E-state index in [1.807, 2.05) is 18.2 Å². The number of nitrogens with one attached hydrogen (secondary N) is 1. The van der Waals surface area contributed by atoms with E-state index in [2.05, 4.69) is 15.2 Å². The molecule has 2 aliphatic heterocycles. The predicted octanol–water partition coefficient (Wildman–Crippen LogP) is 2.67. The summed E-state index contributed by atoms with van der Waals surface area (Å²) in [4.78, 5) is 31.4. The molecule has 2 aliphatic rings.